The van der Waals surface area contributed by atoms with Crippen molar-refractivity contribution in [1.29, 1.82) is 0 Å². The number of fused-ring (bicyclic) bond motifs is 1. The number of thiazole rings is 1. The molecule has 0 amide bonds. The molecule has 0 atom stereocenters. The Morgan fingerprint density at radius 2 is 1.91 bits per heavy atom. The van der Waals surface area contributed by atoms with Crippen LogP contribution in [0.4, 0.5) is 5.13 Å². The number of ether oxygens (including phenoxy) is 1. The Morgan fingerprint density at radius 3 is 2.57 bits per heavy atom. The predicted octanol–water partition coefficient (Wildman–Crippen LogP) is 4.07. The van der Waals surface area contributed by atoms with E-state index in [0.717, 1.165) is 15.8 Å². The van der Waals surface area contributed by atoms with Gasteiger partial charge in [0.05, 0.1) is 22.2 Å². The molecule has 0 bridgehead atoms. The molecule has 0 aliphatic heterocycles. The Morgan fingerprint density at radius 1 is 1.22 bits per heavy atom. The number of benzene rings is 2. The van der Waals surface area contributed by atoms with Crippen LogP contribution in [0.3, 0.4) is 0 Å². The summed E-state index contributed by atoms with van der Waals surface area (Å²) >= 11 is 7.26. The molecule has 0 radical (unpaired) electrons. The lowest BCUT2D eigenvalue weighted by Gasteiger charge is -2.05. The van der Waals surface area contributed by atoms with E-state index in [1.54, 1.807) is 24.3 Å². The van der Waals surface area contributed by atoms with Crippen molar-refractivity contribution in [3.8, 4) is 5.75 Å². The van der Waals surface area contributed by atoms with Gasteiger partial charge in [-0.05, 0) is 48.9 Å². The van der Waals surface area contributed by atoms with Gasteiger partial charge in [0.2, 0.25) is 0 Å². The summed E-state index contributed by atoms with van der Waals surface area (Å²) in [5.74, 6) is 0.592. The number of anilines is 1. The second kappa shape index (κ2) is 5.99. The molecule has 0 aliphatic carbocycles. The van der Waals surface area contributed by atoms with Crippen LogP contribution in [0.25, 0.3) is 10.2 Å². The third-order valence-electron chi connectivity index (χ3n) is 3.24. The van der Waals surface area contributed by atoms with Gasteiger partial charge in [-0.2, -0.15) is 0 Å². The van der Waals surface area contributed by atoms with Crippen molar-refractivity contribution in [1.82, 2.24) is 4.98 Å². The number of rotatable bonds is 4. The second-order valence-electron chi connectivity index (χ2n) is 4.87. The van der Waals surface area contributed by atoms with Crippen LogP contribution in [0.15, 0.2) is 41.3 Å². The molecule has 1 heterocycles. The number of sulfonamides is 1. The first-order valence-corrected chi connectivity index (χ1v) is 9.30. The summed E-state index contributed by atoms with van der Waals surface area (Å²) in [4.78, 5) is 4.49. The fraction of sp³-hybridized carbons (Fsp3) is 0.133. The highest BCUT2D eigenvalue weighted by Gasteiger charge is 2.17. The lowest BCUT2D eigenvalue weighted by molar-refractivity contribution is 0.414. The molecule has 0 spiro atoms. The molecule has 8 heteroatoms. The van der Waals surface area contributed by atoms with Crippen LogP contribution in [0.1, 0.15) is 5.56 Å². The van der Waals surface area contributed by atoms with Gasteiger partial charge in [0, 0.05) is 5.02 Å². The van der Waals surface area contributed by atoms with Crippen LogP contribution in [0, 0.1) is 6.92 Å². The molecule has 0 unspecified atom stereocenters. The van der Waals surface area contributed by atoms with Crippen molar-refractivity contribution >= 4 is 48.3 Å². The number of aryl methyl sites for hydroxylation is 1. The van der Waals surface area contributed by atoms with Crippen LogP contribution >= 0.6 is 22.9 Å². The maximum absolute atomic E-state index is 12.4. The Balaban J connectivity index is 1.95. The monoisotopic (exact) mass is 368 g/mol. The topological polar surface area (TPSA) is 68.3 Å². The summed E-state index contributed by atoms with van der Waals surface area (Å²) in [6, 6.07) is 9.72. The van der Waals surface area contributed by atoms with E-state index in [1.165, 1.54) is 30.6 Å². The van der Waals surface area contributed by atoms with Crippen molar-refractivity contribution in [3.05, 3.63) is 47.0 Å². The first kappa shape index (κ1) is 16.0. The van der Waals surface area contributed by atoms with Crippen molar-refractivity contribution in [3.63, 3.8) is 0 Å². The lowest BCUT2D eigenvalue weighted by atomic mass is 10.2. The molecule has 120 valence electrons. The Kier molecular flexibility index (Phi) is 4.18. The number of nitrogens with zero attached hydrogens (tertiary/aromatic N) is 1. The summed E-state index contributed by atoms with van der Waals surface area (Å²) in [5, 5.41) is 0.907. The minimum atomic E-state index is -3.70. The highest BCUT2D eigenvalue weighted by Crippen LogP contribution is 2.32. The molecule has 5 nitrogen and oxygen atoms in total. The lowest BCUT2D eigenvalue weighted by Crippen LogP contribution is -2.12. The van der Waals surface area contributed by atoms with Crippen LogP contribution in [-0.2, 0) is 10.0 Å². The summed E-state index contributed by atoms with van der Waals surface area (Å²) < 4.78 is 33.2. The van der Waals surface area contributed by atoms with Gasteiger partial charge in [0.15, 0.2) is 5.13 Å². The molecule has 0 fully saturated rings. The van der Waals surface area contributed by atoms with Gasteiger partial charge < -0.3 is 4.74 Å². The van der Waals surface area contributed by atoms with Crippen molar-refractivity contribution in [2.24, 2.45) is 0 Å². The fourth-order valence-corrected chi connectivity index (χ4v) is 4.68. The Bertz CT molecular complexity index is 966. The van der Waals surface area contributed by atoms with E-state index >= 15 is 0 Å². The van der Waals surface area contributed by atoms with Crippen molar-refractivity contribution < 1.29 is 13.2 Å². The van der Waals surface area contributed by atoms with E-state index in [1.807, 2.05) is 6.92 Å². The van der Waals surface area contributed by atoms with Gasteiger partial charge in [-0.1, -0.05) is 22.9 Å². The number of nitrogens with one attached hydrogen (secondary N) is 1. The molecule has 3 rings (SSSR count). The van der Waals surface area contributed by atoms with Crippen molar-refractivity contribution in [2.75, 3.05) is 11.8 Å². The average Bonchev–Trinajstić information content (AvgIpc) is 2.89. The van der Waals surface area contributed by atoms with Gasteiger partial charge >= 0.3 is 0 Å². The number of methoxy groups -OCH3 is 1. The summed E-state index contributed by atoms with van der Waals surface area (Å²) in [6.45, 7) is 1.88. The first-order valence-electron chi connectivity index (χ1n) is 6.62. The van der Waals surface area contributed by atoms with E-state index < -0.39 is 10.0 Å². The molecule has 0 saturated heterocycles. The zero-order chi connectivity index (χ0) is 16.6. The SMILES string of the molecule is COc1ccc(S(=O)(=O)Nc2nc3c(C)cc(Cl)cc3s2)cc1. The molecule has 2 aromatic carbocycles. The number of hydrogen-bond donors (Lipinski definition) is 1. The van der Waals surface area contributed by atoms with Crippen LogP contribution < -0.4 is 9.46 Å². The van der Waals surface area contributed by atoms with Gasteiger partial charge in [0.1, 0.15) is 5.75 Å². The first-order chi connectivity index (χ1) is 10.9. The zero-order valence-electron chi connectivity index (χ0n) is 12.3. The molecule has 0 saturated carbocycles. The fourth-order valence-electron chi connectivity index (χ4n) is 2.13. The van der Waals surface area contributed by atoms with E-state index in [9.17, 15) is 8.42 Å². The molecule has 23 heavy (non-hydrogen) atoms. The molecular formula is C15H13ClN2O3S2. The highest BCUT2D eigenvalue weighted by atomic mass is 35.5. The Hall–Kier alpha value is -1.83. The van der Waals surface area contributed by atoms with Crippen LogP contribution in [0.2, 0.25) is 5.02 Å². The van der Waals surface area contributed by atoms with E-state index in [0.29, 0.717) is 15.9 Å². The van der Waals surface area contributed by atoms with Gasteiger partial charge in [0.25, 0.3) is 10.0 Å². The standard InChI is InChI=1S/C15H13ClN2O3S2/c1-9-7-10(16)8-13-14(9)17-15(22-13)18-23(19,20)12-5-3-11(21-2)4-6-12/h3-8H,1-2H3,(H,17,18). The normalized spacial score (nSPS) is 11.6. The molecular weight excluding hydrogens is 356 g/mol. The van der Waals surface area contributed by atoms with Crippen molar-refractivity contribution in [2.45, 2.75) is 11.8 Å². The minimum Gasteiger partial charge on any atom is -0.497 e. The second-order valence-corrected chi connectivity index (χ2v) is 8.02. The van der Waals surface area contributed by atoms with Crippen LogP contribution in [-0.4, -0.2) is 20.5 Å². The quantitative estimate of drug-likeness (QED) is 0.753. The summed E-state index contributed by atoms with van der Waals surface area (Å²) in [7, 11) is -2.18. The number of aromatic nitrogens is 1. The summed E-state index contributed by atoms with van der Waals surface area (Å²) in [5.41, 5.74) is 1.64. The Labute approximate surface area is 142 Å². The van der Waals surface area contributed by atoms with E-state index in [4.69, 9.17) is 16.3 Å². The molecule has 1 N–H and O–H groups in total. The average molecular weight is 369 g/mol. The molecule has 1 aromatic heterocycles. The smallest absolute Gasteiger partial charge is 0.263 e. The number of hydrogen-bond acceptors (Lipinski definition) is 5. The van der Waals surface area contributed by atoms with Crippen LogP contribution in [0.5, 0.6) is 5.75 Å². The third kappa shape index (κ3) is 3.26. The largest absolute Gasteiger partial charge is 0.497 e. The number of halogens is 1. The maximum atomic E-state index is 12.4. The van der Waals surface area contributed by atoms with E-state index in [2.05, 4.69) is 9.71 Å². The molecule has 0 aliphatic rings. The van der Waals surface area contributed by atoms with Gasteiger partial charge in [-0.3, -0.25) is 4.72 Å². The maximum Gasteiger partial charge on any atom is 0.263 e. The third-order valence-corrected chi connectivity index (χ3v) is 5.86. The highest BCUT2D eigenvalue weighted by molar-refractivity contribution is 7.93. The van der Waals surface area contributed by atoms with E-state index in [-0.39, 0.29) is 4.90 Å². The minimum absolute atomic E-state index is 0.146. The summed E-state index contributed by atoms with van der Waals surface area (Å²) in [6.07, 6.45) is 0. The van der Waals surface area contributed by atoms with Gasteiger partial charge in [-0.15, -0.1) is 0 Å². The predicted molar refractivity (Wildman–Crippen MR) is 93.2 cm³/mol. The zero-order valence-corrected chi connectivity index (χ0v) is 14.7. The van der Waals surface area contributed by atoms with Gasteiger partial charge in [-0.25, -0.2) is 13.4 Å². The molecule has 3 aromatic rings.